The smallest absolute Gasteiger partial charge is 0.326 e. The summed E-state index contributed by atoms with van der Waals surface area (Å²) in [5, 5.41) is 9.62. The lowest BCUT2D eigenvalue weighted by molar-refractivity contribution is -0.142. The van der Waals surface area contributed by atoms with E-state index in [0.717, 1.165) is 25.0 Å². The Kier molecular flexibility index (Phi) is 4.60. The van der Waals surface area contributed by atoms with Crippen molar-refractivity contribution >= 4 is 23.5 Å². The zero-order valence-corrected chi connectivity index (χ0v) is 12.1. The number of pyridine rings is 1. The van der Waals surface area contributed by atoms with Gasteiger partial charge in [0.1, 0.15) is 6.04 Å². The Balaban J connectivity index is 2.31. The second-order valence-electron chi connectivity index (χ2n) is 5.01. The SMILES string of the molecule is Cc1cc(Cl)c(C(=O)N2CCCCCC2C(=O)O)cn1. The van der Waals surface area contributed by atoms with E-state index in [2.05, 4.69) is 4.98 Å². The van der Waals surface area contributed by atoms with E-state index in [0.29, 0.717) is 18.0 Å². The van der Waals surface area contributed by atoms with Crippen LogP contribution >= 0.6 is 11.6 Å². The second-order valence-corrected chi connectivity index (χ2v) is 5.41. The lowest BCUT2D eigenvalue weighted by atomic mass is 10.1. The van der Waals surface area contributed by atoms with Crippen LogP contribution in [0.4, 0.5) is 0 Å². The van der Waals surface area contributed by atoms with Gasteiger partial charge in [-0.15, -0.1) is 0 Å². The lowest BCUT2D eigenvalue weighted by Crippen LogP contribution is -2.44. The van der Waals surface area contributed by atoms with Crippen LogP contribution in [-0.2, 0) is 4.79 Å². The third-order valence-corrected chi connectivity index (χ3v) is 3.83. The number of nitrogens with zero attached hydrogens (tertiary/aromatic N) is 2. The zero-order chi connectivity index (χ0) is 14.7. The highest BCUT2D eigenvalue weighted by Crippen LogP contribution is 2.23. The molecule has 1 fully saturated rings. The number of aromatic nitrogens is 1. The summed E-state index contributed by atoms with van der Waals surface area (Å²) in [6.45, 7) is 2.23. The maximum atomic E-state index is 12.5. The summed E-state index contributed by atoms with van der Waals surface area (Å²) in [7, 11) is 0. The normalized spacial score (nSPS) is 19.5. The maximum Gasteiger partial charge on any atom is 0.326 e. The number of carboxylic acid groups (broad SMARTS) is 1. The van der Waals surface area contributed by atoms with Crippen molar-refractivity contribution in [2.45, 2.75) is 38.6 Å². The largest absolute Gasteiger partial charge is 0.480 e. The molecule has 0 saturated carbocycles. The number of rotatable bonds is 2. The Labute approximate surface area is 122 Å². The van der Waals surface area contributed by atoms with Crippen molar-refractivity contribution in [2.24, 2.45) is 0 Å². The summed E-state index contributed by atoms with van der Waals surface area (Å²) in [5.41, 5.74) is 0.989. The quantitative estimate of drug-likeness (QED) is 0.910. The molecule has 1 amide bonds. The van der Waals surface area contributed by atoms with Gasteiger partial charge in [0.15, 0.2) is 0 Å². The van der Waals surface area contributed by atoms with E-state index in [4.69, 9.17) is 11.6 Å². The first-order valence-corrected chi connectivity index (χ1v) is 7.04. The van der Waals surface area contributed by atoms with Crippen molar-refractivity contribution in [1.29, 1.82) is 0 Å². The molecule has 6 heteroatoms. The first-order valence-electron chi connectivity index (χ1n) is 6.66. The maximum absolute atomic E-state index is 12.5. The third kappa shape index (κ3) is 3.10. The predicted octanol–water partition coefficient (Wildman–Crippen LogP) is 2.51. The van der Waals surface area contributed by atoms with Gasteiger partial charge in [0.2, 0.25) is 0 Å². The van der Waals surface area contributed by atoms with Crippen LogP contribution in [0.5, 0.6) is 0 Å². The van der Waals surface area contributed by atoms with E-state index in [1.165, 1.54) is 11.1 Å². The van der Waals surface area contributed by atoms with Crippen LogP contribution in [0, 0.1) is 6.92 Å². The summed E-state index contributed by atoms with van der Waals surface area (Å²) in [6, 6.07) is 0.838. The van der Waals surface area contributed by atoms with Gasteiger partial charge in [-0.2, -0.15) is 0 Å². The molecule has 0 aliphatic carbocycles. The summed E-state index contributed by atoms with van der Waals surface area (Å²) >= 11 is 6.08. The fourth-order valence-electron chi connectivity index (χ4n) is 2.45. The molecule has 0 radical (unpaired) electrons. The number of carbonyl (C=O) groups excluding carboxylic acids is 1. The lowest BCUT2D eigenvalue weighted by Gasteiger charge is -2.27. The number of hydrogen-bond donors (Lipinski definition) is 1. The van der Waals surface area contributed by atoms with Gasteiger partial charge >= 0.3 is 5.97 Å². The highest BCUT2D eigenvalue weighted by Gasteiger charge is 2.32. The molecule has 5 nitrogen and oxygen atoms in total. The highest BCUT2D eigenvalue weighted by atomic mass is 35.5. The van der Waals surface area contributed by atoms with Crippen molar-refractivity contribution in [3.05, 3.63) is 28.5 Å². The van der Waals surface area contributed by atoms with Gasteiger partial charge in [0, 0.05) is 18.4 Å². The summed E-state index contributed by atoms with van der Waals surface area (Å²) in [4.78, 5) is 29.4. The molecule has 108 valence electrons. The fraction of sp³-hybridized carbons (Fsp3) is 0.500. The van der Waals surface area contributed by atoms with Crippen molar-refractivity contribution in [2.75, 3.05) is 6.54 Å². The molecule has 1 N–H and O–H groups in total. The van der Waals surface area contributed by atoms with Crippen LogP contribution in [-0.4, -0.2) is 39.5 Å². The predicted molar refractivity (Wildman–Crippen MR) is 74.9 cm³/mol. The number of carboxylic acids is 1. The second kappa shape index (κ2) is 6.22. The molecular weight excluding hydrogens is 280 g/mol. The van der Waals surface area contributed by atoms with Crippen LogP contribution in [0.15, 0.2) is 12.3 Å². The minimum absolute atomic E-state index is 0.269. The molecule has 1 saturated heterocycles. The van der Waals surface area contributed by atoms with Crippen molar-refractivity contribution < 1.29 is 14.7 Å². The average Bonchev–Trinajstić information content (AvgIpc) is 2.63. The summed E-state index contributed by atoms with van der Waals surface area (Å²) in [5.74, 6) is -1.31. The number of likely N-dealkylation sites (tertiary alicyclic amines) is 1. The molecule has 1 unspecified atom stereocenters. The van der Waals surface area contributed by atoms with Gasteiger partial charge in [0.05, 0.1) is 10.6 Å². The number of carbonyl (C=O) groups is 2. The monoisotopic (exact) mass is 296 g/mol. The molecule has 1 aliphatic heterocycles. The van der Waals surface area contributed by atoms with E-state index >= 15 is 0 Å². The van der Waals surface area contributed by atoms with E-state index in [-0.39, 0.29) is 11.5 Å². The number of aliphatic carboxylic acids is 1. The first-order chi connectivity index (χ1) is 9.50. The first kappa shape index (κ1) is 14.8. The fourth-order valence-corrected chi connectivity index (χ4v) is 2.73. The van der Waals surface area contributed by atoms with E-state index in [9.17, 15) is 14.7 Å². The van der Waals surface area contributed by atoms with Crippen LogP contribution in [0.1, 0.15) is 41.7 Å². The summed E-state index contributed by atoms with van der Waals surface area (Å²) in [6.07, 6.45) is 4.47. The Morgan fingerprint density at radius 1 is 1.40 bits per heavy atom. The van der Waals surface area contributed by atoms with E-state index < -0.39 is 12.0 Å². The standard InChI is InChI=1S/C14H17ClN2O3/c1-9-7-11(15)10(8-16-9)13(18)17-6-4-2-3-5-12(17)14(19)20/h7-8,12H,2-6H2,1H3,(H,19,20). The van der Waals surface area contributed by atoms with Gasteiger partial charge in [-0.05, 0) is 25.8 Å². The molecule has 20 heavy (non-hydrogen) atoms. The molecule has 1 aromatic heterocycles. The molecule has 2 heterocycles. The molecule has 2 rings (SSSR count). The van der Waals surface area contributed by atoms with Crippen LogP contribution in [0.25, 0.3) is 0 Å². The average molecular weight is 297 g/mol. The third-order valence-electron chi connectivity index (χ3n) is 3.52. The van der Waals surface area contributed by atoms with Gasteiger partial charge in [0.25, 0.3) is 5.91 Å². The zero-order valence-electron chi connectivity index (χ0n) is 11.3. The molecule has 0 aromatic carbocycles. The topological polar surface area (TPSA) is 70.5 Å². The number of hydrogen-bond acceptors (Lipinski definition) is 3. The number of halogens is 1. The van der Waals surface area contributed by atoms with Gasteiger partial charge in [-0.25, -0.2) is 4.79 Å². The van der Waals surface area contributed by atoms with Gasteiger partial charge in [-0.3, -0.25) is 9.78 Å². The van der Waals surface area contributed by atoms with E-state index in [1.54, 1.807) is 13.0 Å². The Morgan fingerprint density at radius 2 is 2.15 bits per heavy atom. The molecular formula is C14H17ClN2O3. The molecule has 0 spiro atoms. The number of aryl methyl sites for hydroxylation is 1. The molecule has 1 aromatic rings. The molecule has 1 atom stereocenters. The summed E-state index contributed by atoms with van der Waals surface area (Å²) < 4.78 is 0. The van der Waals surface area contributed by atoms with Gasteiger partial charge < -0.3 is 10.0 Å². The minimum Gasteiger partial charge on any atom is -0.480 e. The van der Waals surface area contributed by atoms with Gasteiger partial charge in [-0.1, -0.05) is 24.4 Å². The Morgan fingerprint density at radius 3 is 2.80 bits per heavy atom. The van der Waals surface area contributed by atoms with Crippen LogP contribution in [0.2, 0.25) is 5.02 Å². The van der Waals surface area contributed by atoms with Crippen molar-refractivity contribution in [1.82, 2.24) is 9.88 Å². The van der Waals surface area contributed by atoms with Crippen molar-refractivity contribution in [3.63, 3.8) is 0 Å². The van der Waals surface area contributed by atoms with Crippen LogP contribution in [0.3, 0.4) is 0 Å². The highest BCUT2D eigenvalue weighted by molar-refractivity contribution is 6.33. The molecule has 1 aliphatic rings. The minimum atomic E-state index is -0.962. The molecule has 0 bridgehead atoms. The number of amides is 1. The van der Waals surface area contributed by atoms with Crippen molar-refractivity contribution in [3.8, 4) is 0 Å². The Bertz CT molecular complexity index is 533. The Hall–Kier alpha value is -1.62. The van der Waals surface area contributed by atoms with Crippen LogP contribution < -0.4 is 0 Å². The van der Waals surface area contributed by atoms with E-state index in [1.807, 2.05) is 0 Å².